The molecule has 1 aromatic rings. The zero-order valence-electron chi connectivity index (χ0n) is 11.9. The van der Waals surface area contributed by atoms with Gasteiger partial charge in [-0.05, 0) is 12.3 Å². The van der Waals surface area contributed by atoms with Crippen LogP contribution < -0.4 is 5.32 Å². The van der Waals surface area contributed by atoms with E-state index in [1.807, 2.05) is 20.8 Å². The second-order valence-corrected chi connectivity index (χ2v) is 4.87. The van der Waals surface area contributed by atoms with Crippen molar-refractivity contribution < 1.29 is 9.90 Å². The summed E-state index contributed by atoms with van der Waals surface area (Å²) in [4.78, 5) is 20.3. The van der Waals surface area contributed by atoms with Crippen molar-refractivity contribution in [1.82, 2.24) is 15.3 Å². The van der Waals surface area contributed by atoms with E-state index in [0.29, 0.717) is 31.0 Å². The van der Waals surface area contributed by atoms with Crippen LogP contribution in [0.2, 0.25) is 0 Å². The first-order valence-electron chi connectivity index (χ1n) is 6.77. The summed E-state index contributed by atoms with van der Waals surface area (Å²) in [7, 11) is 0. The number of Topliss-reactive ketones (excluding diaryl/α,β-unsaturated/α-hetero) is 1. The Labute approximate surface area is 114 Å². The number of rotatable bonds is 8. The minimum absolute atomic E-state index is 0.00195. The van der Waals surface area contributed by atoms with Crippen LogP contribution in [-0.2, 0) is 6.42 Å². The van der Waals surface area contributed by atoms with Gasteiger partial charge in [0.05, 0.1) is 12.3 Å². The molecule has 0 saturated carbocycles. The lowest BCUT2D eigenvalue weighted by molar-refractivity contribution is 0.0972. The molecule has 1 rings (SSSR count). The molecule has 0 aliphatic carbocycles. The number of hydrogen-bond donors (Lipinski definition) is 2. The van der Waals surface area contributed by atoms with E-state index in [1.165, 1.54) is 0 Å². The largest absolute Gasteiger partial charge is 0.395 e. The third-order valence-electron chi connectivity index (χ3n) is 3.13. The highest BCUT2D eigenvalue weighted by Crippen LogP contribution is 2.06. The molecule has 0 spiro atoms. The van der Waals surface area contributed by atoms with Crippen molar-refractivity contribution in [1.29, 1.82) is 0 Å². The second kappa shape index (κ2) is 7.96. The summed E-state index contributed by atoms with van der Waals surface area (Å²) in [6.45, 7) is 6.65. The van der Waals surface area contributed by atoms with Crippen molar-refractivity contribution in [2.24, 2.45) is 5.92 Å². The van der Waals surface area contributed by atoms with Gasteiger partial charge < -0.3 is 10.4 Å². The van der Waals surface area contributed by atoms with E-state index in [4.69, 9.17) is 0 Å². The predicted molar refractivity (Wildman–Crippen MR) is 74.1 cm³/mol. The number of aliphatic hydroxyl groups excluding tert-OH is 1. The molecule has 0 saturated heterocycles. The lowest BCUT2D eigenvalue weighted by Crippen LogP contribution is -2.38. The molecule has 1 unspecified atom stereocenters. The molecule has 19 heavy (non-hydrogen) atoms. The SMILES string of the molecule is CCc1nccnc1C(=O)CCNC(CO)C(C)C. The smallest absolute Gasteiger partial charge is 0.184 e. The summed E-state index contributed by atoms with van der Waals surface area (Å²) in [5.41, 5.74) is 1.21. The number of hydrogen-bond acceptors (Lipinski definition) is 5. The molecule has 1 heterocycles. The summed E-state index contributed by atoms with van der Waals surface area (Å²) < 4.78 is 0. The lowest BCUT2D eigenvalue weighted by atomic mass is 10.0. The van der Waals surface area contributed by atoms with Crippen molar-refractivity contribution in [2.75, 3.05) is 13.2 Å². The molecule has 106 valence electrons. The highest BCUT2D eigenvalue weighted by Gasteiger charge is 2.15. The molecule has 0 radical (unpaired) electrons. The summed E-state index contributed by atoms with van der Waals surface area (Å²) in [5, 5.41) is 12.4. The Balaban J connectivity index is 2.51. The van der Waals surface area contributed by atoms with Gasteiger partial charge in [-0.3, -0.25) is 9.78 Å². The Morgan fingerprint density at radius 1 is 1.37 bits per heavy atom. The summed E-state index contributed by atoms with van der Waals surface area (Å²) in [6.07, 6.45) is 4.22. The molecular formula is C14H23N3O2. The predicted octanol–water partition coefficient (Wildman–Crippen LogP) is 1.22. The van der Waals surface area contributed by atoms with Gasteiger partial charge in [0.15, 0.2) is 5.78 Å². The molecule has 0 amide bonds. The molecule has 1 aromatic heterocycles. The molecule has 1 atom stereocenters. The number of carbonyl (C=O) groups is 1. The quantitative estimate of drug-likeness (QED) is 0.691. The van der Waals surface area contributed by atoms with E-state index in [2.05, 4.69) is 15.3 Å². The van der Waals surface area contributed by atoms with Gasteiger partial charge in [-0.25, -0.2) is 4.98 Å². The summed E-state index contributed by atoms with van der Waals surface area (Å²) >= 11 is 0. The van der Waals surface area contributed by atoms with E-state index >= 15 is 0 Å². The Morgan fingerprint density at radius 3 is 2.63 bits per heavy atom. The summed E-state index contributed by atoms with van der Waals surface area (Å²) in [6, 6.07) is 0.0281. The zero-order valence-corrected chi connectivity index (χ0v) is 11.9. The fourth-order valence-corrected chi connectivity index (χ4v) is 1.86. The van der Waals surface area contributed by atoms with Gasteiger partial charge in [-0.1, -0.05) is 20.8 Å². The third-order valence-corrected chi connectivity index (χ3v) is 3.13. The Hall–Kier alpha value is -1.33. The molecule has 0 aromatic carbocycles. The van der Waals surface area contributed by atoms with Crippen LogP contribution in [0.1, 0.15) is 43.4 Å². The average Bonchev–Trinajstić information content (AvgIpc) is 2.42. The highest BCUT2D eigenvalue weighted by atomic mass is 16.3. The first kappa shape index (κ1) is 15.7. The third kappa shape index (κ3) is 4.69. The van der Waals surface area contributed by atoms with Crippen LogP contribution in [0, 0.1) is 5.92 Å². The zero-order chi connectivity index (χ0) is 14.3. The molecule has 0 aliphatic heterocycles. The van der Waals surface area contributed by atoms with E-state index < -0.39 is 0 Å². The maximum atomic E-state index is 12.1. The van der Waals surface area contributed by atoms with Gasteiger partial charge in [0, 0.05) is 31.4 Å². The fraction of sp³-hybridized carbons (Fsp3) is 0.643. The minimum atomic E-state index is -0.00195. The standard InChI is InChI=1S/C14H23N3O2/c1-4-11-14(17-8-7-16-11)13(19)5-6-15-12(9-18)10(2)3/h7-8,10,12,15,18H,4-6,9H2,1-3H3. The first-order chi connectivity index (χ1) is 9.10. The van der Waals surface area contributed by atoms with Crippen LogP contribution >= 0.6 is 0 Å². The topological polar surface area (TPSA) is 75.1 Å². The van der Waals surface area contributed by atoms with Crippen LogP contribution in [0.4, 0.5) is 0 Å². The number of nitrogens with one attached hydrogen (secondary N) is 1. The van der Waals surface area contributed by atoms with Crippen LogP contribution in [0.25, 0.3) is 0 Å². The number of aliphatic hydroxyl groups is 1. The molecule has 2 N–H and O–H groups in total. The maximum Gasteiger partial charge on any atom is 0.184 e. The van der Waals surface area contributed by atoms with Crippen molar-refractivity contribution in [3.63, 3.8) is 0 Å². The Morgan fingerprint density at radius 2 is 2.05 bits per heavy atom. The van der Waals surface area contributed by atoms with Gasteiger partial charge in [-0.2, -0.15) is 0 Å². The molecule has 5 heteroatoms. The first-order valence-corrected chi connectivity index (χ1v) is 6.77. The number of nitrogens with zero attached hydrogens (tertiary/aromatic N) is 2. The van der Waals surface area contributed by atoms with E-state index in [-0.39, 0.29) is 18.4 Å². The fourth-order valence-electron chi connectivity index (χ4n) is 1.86. The van der Waals surface area contributed by atoms with Gasteiger partial charge in [-0.15, -0.1) is 0 Å². The van der Waals surface area contributed by atoms with E-state index in [0.717, 1.165) is 5.69 Å². The van der Waals surface area contributed by atoms with Crippen LogP contribution in [-0.4, -0.2) is 40.1 Å². The van der Waals surface area contributed by atoms with Crippen molar-refractivity contribution >= 4 is 5.78 Å². The minimum Gasteiger partial charge on any atom is -0.395 e. The summed E-state index contributed by atoms with van der Waals surface area (Å²) in [5.74, 6) is 0.334. The monoisotopic (exact) mass is 265 g/mol. The molecule has 0 bridgehead atoms. The second-order valence-electron chi connectivity index (χ2n) is 4.87. The van der Waals surface area contributed by atoms with Crippen molar-refractivity contribution in [2.45, 2.75) is 39.7 Å². The van der Waals surface area contributed by atoms with E-state index in [1.54, 1.807) is 12.4 Å². The lowest BCUT2D eigenvalue weighted by Gasteiger charge is -2.19. The molecule has 0 fully saturated rings. The van der Waals surface area contributed by atoms with Crippen LogP contribution in [0.5, 0.6) is 0 Å². The molecule has 0 aliphatic rings. The van der Waals surface area contributed by atoms with Gasteiger partial charge >= 0.3 is 0 Å². The van der Waals surface area contributed by atoms with Crippen LogP contribution in [0.15, 0.2) is 12.4 Å². The number of aryl methyl sites for hydroxylation is 1. The highest BCUT2D eigenvalue weighted by molar-refractivity contribution is 5.95. The Kier molecular flexibility index (Phi) is 6.59. The van der Waals surface area contributed by atoms with Crippen LogP contribution in [0.3, 0.4) is 0 Å². The number of aromatic nitrogens is 2. The Bertz CT molecular complexity index is 407. The number of carbonyl (C=O) groups excluding carboxylic acids is 1. The number of ketones is 1. The van der Waals surface area contributed by atoms with Gasteiger partial charge in [0.25, 0.3) is 0 Å². The normalized spacial score (nSPS) is 12.7. The maximum absolute atomic E-state index is 12.1. The molecule has 5 nitrogen and oxygen atoms in total. The van der Waals surface area contributed by atoms with Gasteiger partial charge in [0.2, 0.25) is 0 Å². The van der Waals surface area contributed by atoms with Crippen molar-refractivity contribution in [3.8, 4) is 0 Å². The van der Waals surface area contributed by atoms with Crippen molar-refractivity contribution in [3.05, 3.63) is 23.8 Å². The van der Waals surface area contributed by atoms with Gasteiger partial charge in [0.1, 0.15) is 5.69 Å². The average molecular weight is 265 g/mol. The van der Waals surface area contributed by atoms with E-state index in [9.17, 15) is 9.90 Å². The molecular weight excluding hydrogens is 242 g/mol.